The summed E-state index contributed by atoms with van der Waals surface area (Å²) in [5, 5.41) is 5.00. The highest BCUT2D eigenvalue weighted by Crippen LogP contribution is 2.39. The molecule has 7 heteroatoms. The SMILES string of the molecule is CC1=CC(C)(C)N(C)c2cc(C)c(/C=N\NC(=O)c3cc4cc(Br)cc(Br)c4o3)cc21. The minimum atomic E-state index is -0.399. The highest BCUT2D eigenvalue weighted by molar-refractivity contribution is 9.11. The van der Waals surface area contributed by atoms with E-state index in [0.29, 0.717) is 5.58 Å². The smallest absolute Gasteiger partial charge is 0.307 e. The van der Waals surface area contributed by atoms with Crippen LogP contribution in [0.4, 0.5) is 5.69 Å². The highest BCUT2D eigenvalue weighted by atomic mass is 79.9. The number of rotatable bonds is 3. The van der Waals surface area contributed by atoms with Gasteiger partial charge in [0.1, 0.15) is 5.58 Å². The van der Waals surface area contributed by atoms with E-state index in [9.17, 15) is 4.79 Å². The van der Waals surface area contributed by atoms with E-state index in [-0.39, 0.29) is 11.3 Å². The molecule has 5 nitrogen and oxygen atoms in total. The van der Waals surface area contributed by atoms with Crippen molar-refractivity contribution in [2.45, 2.75) is 33.2 Å². The first-order valence-corrected chi connectivity index (χ1v) is 11.5. The van der Waals surface area contributed by atoms with Gasteiger partial charge < -0.3 is 9.32 Å². The monoisotopic (exact) mass is 543 g/mol. The van der Waals surface area contributed by atoms with Gasteiger partial charge in [0.2, 0.25) is 0 Å². The van der Waals surface area contributed by atoms with Gasteiger partial charge in [0.25, 0.3) is 0 Å². The zero-order valence-corrected chi connectivity index (χ0v) is 21.2. The molecule has 0 saturated heterocycles. The lowest BCUT2D eigenvalue weighted by atomic mass is 9.87. The van der Waals surface area contributed by atoms with Crippen molar-refractivity contribution in [1.29, 1.82) is 0 Å². The minimum Gasteiger partial charge on any atom is -0.450 e. The van der Waals surface area contributed by atoms with Crippen LogP contribution in [-0.2, 0) is 0 Å². The number of aryl methyl sites for hydroxylation is 1. The van der Waals surface area contributed by atoms with Crippen molar-refractivity contribution in [1.82, 2.24) is 5.43 Å². The first-order chi connectivity index (χ1) is 14.6. The zero-order valence-electron chi connectivity index (χ0n) is 18.0. The minimum absolute atomic E-state index is 0.0374. The Balaban J connectivity index is 1.57. The maximum atomic E-state index is 12.5. The Hall–Kier alpha value is -2.38. The molecule has 1 aliphatic heterocycles. The predicted molar refractivity (Wildman–Crippen MR) is 134 cm³/mol. The van der Waals surface area contributed by atoms with E-state index in [0.717, 1.165) is 25.5 Å². The van der Waals surface area contributed by atoms with E-state index in [1.54, 1.807) is 12.3 Å². The average Bonchev–Trinajstić information content (AvgIpc) is 3.11. The number of benzene rings is 2. The number of amides is 1. The molecule has 0 bridgehead atoms. The zero-order chi connectivity index (χ0) is 22.5. The standard InChI is InChI=1S/C24H23Br2N3O2/c1-13-6-20-18(14(2)11-24(3,4)29(20)5)8-16(13)12-27-28-23(30)21-9-15-7-17(25)10-19(26)22(15)31-21/h6-12H,1-5H3,(H,28,30)/b27-12-. The van der Waals surface area contributed by atoms with Crippen molar-refractivity contribution in [2.75, 3.05) is 11.9 Å². The van der Waals surface area contributed by atoms with Gasteiger partial charge in [0, 0.05) is 28.2 Å². The Labute approximate surface area is 198 Å². The van der Waals surface area contributed by atoms with Crippen LogP contribution in [0, 0.1) is 6.92 Å². The van der Waals surface area contributed by atoms with Gasteiger partial charge in [-0.3, -0.25) is 4.79 Å². The molecule has 160 valence electrons. The van der Waals surface area contributed by atoms with Crippen molar-refractivity contribution in [3.05, 3.63) is 67.8 Å². The second-order valence-corrected chi connectivity index (χ2v) is 10.2. The number of halogens is 2. The maximum Gasteiger partial charge on any atom is 0.307 e. The number of anilines is 1. The molecule has 0 spiro atoms. The Morgan fingerprint density at radius 1 is 1.16 bits per heavy atom. The molecule has 1 aromatic heterocycles. The van der Waals surface area contributed by atoms with Gasteiger partial charge in [-0.05, 0) is 90.7 Å². The van der Waals surface area contributed by atoms with E-state index >= 15 is 0 Å². The quantitative estimate of drug-likeness (QED) is 0.296. The lowest BCUT2D eigenvalue weighted by molar-refractivity contribution is 0.0929. The molecule has 1 amide bonds. The van der Waals surface area contributed by atoms with Crippen molar-refractivity contribution < 1.29 is 9.21 Å². The summed E-state index contributed by atoms with van der Waals surface area (Å²) in [6.07, 6.45) is 3.95. The summed E-state index contributed by atoms with van der Waals surface area (Å²) in [6, 6.07) is 9.76. The van der Waals surface area contributed by atoms with Crippen molar-refractivity contribution in [2.24, 2.45) is 5.10 Å². The van der Waals surface area contributed by atoms with Gasteiger partial charge in [-0.2, -0.15) is 5.10 Å². The molecule has 0 unspecified atom stereocenters. The average molecular weight is 545 g/mol. The summed E-state index contributed by atoms with van der Waals surface area (Å²) in [7, 11) is 2.11. The summed E-state index contributed by atoms with van der Waals surface area (Å²) in [5.74, 6) is -0.195. The fourth-order valence-electron chi connectivity index (χ4n) is 3.86. The fraction of sp³-hybridized carbons (Fsp3) is 0.250. The number of nitrogens with zero attached hydrogens (tertiary/aromatic N) is 2. The fourth-order valence-corrected chi connectivity index (χ4v) is 5.20. The van der Waals surface area contributed by atoms with Crippen LogP contribution in [0.2, 0.25) is 0 Å². The maximum absolute atomic E-state index is 12.5. The number of fused-ring (bicyclic) bond motifs is 2. The molecule has 0 atom stereocenters. The first-order valence-electron chi connectivity index (χ1n) is 9.87. The Bertz CT molecular complexity index is 1270. The van der Waals surface area contributed by atoms with Crippen LogP contribution >= 0.6 is 31.9 Å². The van der Waals surface area contributed by atoms with Crippen LogP contribution in [0.3, 0.4) is 0 Å². The molecule has 0 fully saturated rings. The third kappa shape index (κ3) is 4.08. The van der Waals surface area contributed by atoms with Gasteiger partial charge in [-0.15, -0.1) is 0 Å². The van der Waals surface area contributed by atoms with Crippen LogP contribution in [0.1, 0.15) is 48.0 Å². The second-order valence-electron chi connectivity index (χ2n) is 8.38. The number of hydrazone groups is 1. The summed E-state index contributed by atoms with van der Waals surface area (Å²) >= 11 is 6.90. The van der Waals surface area contributed by atoms with Crippen LogP contribution in [0.5, 0.6) is 0 Å². The summed E-state index contributed by atoms with van der Waals surface area (Å²) in [6.45, 7) is 8.58. The number of furan rings is 1. The molecular weight excluding hydrogens is 522 g/mol. The number of likely N-dealkylation sites (N-methyl/N-ethyl adjacent to an activating group) is 1. The number of allylic oxidation sites excluding steroid dienone is 1. The first kappa shape index (κ1) is 21.8. The molecule has 1 N–H and O–H groups in total. The largest absolute Gasteiger partial charge is 0.450 e. The highest BCUT2D eigenvalue weighted by Gasteiger charge is 2.28. The number of hydrogen-bond acceptors (Lipinski definition) is 4. The third-order valence-electron chi connectivity index (χ3n) is 5.73. The van der Waals surface area contributed by atoms with E-state index in [4.69, 9.17) is 4.42 Å². The van der Waals surface area contributed by atoms with E-state index < -0.39 is 5.91 Å². The molecule has 0 radical (unpaired) electrons. The summed E-state index contributed by atoms with van der Waals surface area (Å²) < 4.78 is 7.38. The van der Waals surface area contributed by atoms with Gasteiger partial charge >= 0.3 is 5.91 Å². The number of carbonyl (C=O) groups is 1. The van der Waals surface area contributed by atoms with Crippen molar-refractivity contribution in [3.8, 4) is 0 Å². The molecule has 0 aliphatic carbocycles. The normalized spacial score (nSPS) is 15.3. The molecule has 1 aliphatic rings. The Morgan fingerprint density at radius 2 is 1.90 bits per heavy atom. The lowest BCUT2D eigenvalue weighted by Gasteiger charge is -2.41. The van der Waals surface area contributed by atoms with Crippen molar-refractivity contribution >= 4 is 66.2 Å². The van der Waals surface area contributed by atoms with Crippen LogP contribution in [0.25, 0.3) is 16.5 Å². The van der Waals surface area contributed by atoms with E-state index in [1.165, 1.54) is 16.8 Å². The Kier molecular flexibility index (Phi) is 5.60. The molecule has 0 saturated carbocycles. The van der Waals surface area contributed by atoms with Gasteiger partial charge in [-0.25, -0.2) is 5.43 Å². The number of nitrogens with one attached hydrogen (secondary N) is 1. The van der Waals surface area contributed by atoms with Crippen LogP contribution < -0.4 is 10.3 Å². The Morgan fingerprint density at radius 3 is 2.65 bits per heavy atom. The molecule has 2 heterocycles. The van der Waals surface area contributed by atoms with Gasteiger partial charge in [0.05, 0.1) is 16.2 Å². The third-order valence-corrected chi connectivity index (χ3v) is 6.78. The second kappa shape index (κ2) is 7.95. The summed E-state index contributed by atoms with van der Waals surface area (Å²) in [4.78, 5) is 14.8. The van der Waals surface area contributed by atoms with Crippen LogP contribution in [0.15, 0.2) is 54.9 Å². The number of hydrogen-bond donors (Lipinski definition) is 1. The molecule has 31 heavy (non-hydrogen) atoms. The lowest BCUT2D eigenvalue weighted by Crippen LogP contribution is -2.42. The predicted octanol–water partition coefficient (Wildman–Crippen LogP) is 6.66. The molecular formula is C24H23Br2N3O2. The summed E-state index contributed by atoms with van der Waals surface area (Å²) in [5.41, 5.74) is 8.80. The van der Waals surface area contributed by atoms with Crippen LogP contribution in [-0.4, -0.2) is 24.7 Å². The topological polar surface area (TPSA) is 57.8 Å². The molecule has 3 aromatic rings. The molecule has 2 aromatic carbocycles. The van der Waals surface area contributed by atoms with E-state index in [1.807, 2.05) is 19.1 Å². The van der Waals surface area contributed by atoms with E-state index in [2.05, 4.69) is 93.3 Å². The van der Waals surface area contributed by atoms with Gasteiger partial charge in [-0.1, -0.05) is 22.0 Å². The number of carbonyl (C=O) groups excluding carboxylic acids is 1. The van der Waals surface area contributed by atoms with Gasteiger partial charge in [0.15, 0.2) is 5.76 Å². The molecule has 4 rings (SSSR count). The van der Waals surface area contributed by atoms with Crippen molar-refractivity contribution in [3.63, 3.8) is 0 Å².